The molecule has 0 rings (SSSR count). The Kier molecular flexibility index (Phi) is 78.2. The van der Waals surface area contributed by atoms with Crippen LogP contribution >= 0.6 is 0 Å². The van der Waals surface area contributed by atoms with Crippen LogP contribution in [-0.4, -0.2) is 11.7 Å². The third-order valence-electron chi connectivity index (χ3n) is 0.500. The SMILES string of the molecule is CC.CCCC.CCO. The minimum atomic E-state index is 0.250. The number of unbranched alkanes of at least 4 members (excludes halogenated alkanes) is 1. The molecule has 0 saturated carbocycles. The molecule has 0 amide bonds. The highest BCUT2D eigenvalue weighted by Gasteiger charge is 1.56. The molecule has 60 valence electrons. The first-order valence-corrected chi connectivity index (χ1v) is 3.94. The minimum absolute atomic E-state index is 0.250. The molecule has 0 atom stereocenters. The van der Waals surface area contributed by atoms with Gasteiger partial charge in [0.2, 0.25) is 0 Å². The molecule has 1 nitrogen and oxygen atoms in total. The summed E-state index contributed by atoms with van der Waals surface area (Å²) in [5.41, 5.74) is 0. The zero-order valence-electron chi connectivity index (χ0n) is 7.57. The van der Waals surface area contributed by atoms with Crippen LogP contribution in [0.1, 0.15) is 47.5 Å². The molecule has 0 bridgehead atoms. The predicted molar refractivity (Wildman–Crippen MR) is 44.7 cm³/mol. The van der Waals surface area contributed by atoms with Crippen molar-refractivity contribution in [1.82, 2.24) is 0 Å². The van der Waals surface area contributed by atoms with Crippen molar-refractivity contribution in [3.05, 3.63) is 0 Å². The van der Waals surface area contributed by atoms with E-state index in [1.165, 1.54) is 12.8 Å². The van der Waals surface area contributed by atoms with Crippen molar-refractivity contribution in [1.29, 1.82) is 0 Å². The van der Waals surface area contributed by atoms with Gasteiger partial charge >= 0.3 is 0 Å². The molecule has 0 aliphatic rings. The topological polar surface area (TPSA) is 20.2 Å². The van der Waals surface area contributed by atoms with Crippen LogP contribution in [0.25, 0.3) is 0 Å². The summed E-state index contributed by atoms with van der Waals surface area (Å²) in [6, 6.07) is 0. The molecule has 0 aliphatic carbocycles. The molecule has 0 aromatic rings. The van der Waals surface area contributed by atoms with E-state index in [0.29, 0.717) is 0 Å². The van der Waals surface area contributed by atoms with E-state index in [0.717, 1.165) is 0 Å². The number of hydrogen-bond acceptors (Lipinski definition) is 1. The predicted octanol–water partition coefficient (Wildman–Crippen LogP) is 2.83. The fourth-order valence-electron chi connectivity index (χ4n) is 0. The zero-order valence-corrected chi connectivity index (χ0v) is 7.57. The Morgan fingerprint density at radius 3 is 1.00 bits per heavy atom. The normalized spacial score (nSPS) is 6.00. The Labute approximate surface area is 60.1 Å². The smallest absolute Gasteiger partial charge is 0.0402 e. The molecular formula is C8H22O. The van der Waals surface area contributed by atoms with Gasteiger partial charge in [-0.2, -0.15) is 0 Å². The van der Waals surface area contributed by atoms with Crippen LogP contribution in [-0.2, 0) is 0 Å². The van der Waals surface area contributed by atoms with Gasteiger partial charge in [-0.15, -0.1) is 0 Å². The Balaban J connectivity index is -0.0000000646. The van der Waals surface area contributed by atoms with Crippen molar-refractivity contribution in [2.45, 2.75) is 47.5 Å². The first-order valence-electron chi connectivity index (χ1n) is 3.94. The molecule has 0 fully saturated rings. The summed E-state index contributed by atoms with van der Waals surface area (Å²) < 4.78 is 0. The maximum Gasteiger partial charge on any atom is 0.0402 e. The summed E-state index contributed by atoms with van der Waals surface area (Å²) in [5, 5.41) is 7.57. The van der Waals surface area contributed by atoms with Crippen molar-refractivity contribution >= 4 is 0 Å². The van der Waals surface area contributed by atoms with E-state index in [1.54, 1.807) is 6.92 Å². The van der Waals surface area contributed by atoms with Gasteiger partial charge in [-0.25, -0.2) is 0 Å². The molecule has 1 heteroatoms. The molecule has 0 heterocycles. The van der Waals surface area contributed by atoms with E-state index < -0.39 is 0 Å². The second-order valence-electron chi connectivity index (χ2n) is 1.32. The third kappa shape index (κ3) is 307. The minimum Gasteiger partial charge on any atom is -0.397 e. The lowest BCUT2D eigenvalue weighted by Gasteiger charge is -1.68. The van der Waals surface area contributed by atoms with Crippen LogP contribution in [0.2, 0.25) is 0 Å². The molecule has 0 radical (unpaired) electrons. The van der Waals surface area contributed by atoms with Gasteiger partial charge in [0.05, 0.1) is 0 Å². The largest absolute Gasteiger partial charge is 0.397 e. The molecule has 1 N–H and O–H groups in total. The molecule has 0 aromatic carbocycles. The van der Waals surface area contributed by atoms with Crippen LogP contribution in [0.3, 0.4) is 0 Å². The van der Waals surface area contributed by atoms with Crippen LogP contribution in [0.4, 0.5) is 0 Å². The van der Waals surface area contributed by atoms with Gasteiger partial charge in [0.1, 0.15) is 0 Å². The lowest BCUT2D eigenvalue weighted by molar-refractivity contribution is 0.318. The van der Waals surface area contributed by atoms with Gasteiger partial charge < -0.3 is 5.11 Å². The standard InChI is InChI=1S/C4H10.C2H6O.C2H6/c1-3-4-2;1-2-3;1-2/h3-4H2,1-2H3;3H,2H2,1H3;1-2H3. The summed E-state index contributed by atoms with van der Waals surface area (Å²) in [6.07, 6.45) is 2.64. The molecule has 0 aliphatic heterocycles. The fraction of sp³-hybridized carbons (Fsp3) is 1.00. The second kappa shape index (κ2) is 44.0. The lowest BCUT2D eigenvalue weighted by atomic mass is 10.4. The summed E-state index contributed by atoms with van der Waals surface area (Å²) in [5.74, 6) is 0. The number of aliphatic hydroxyl groups excluding tert-OH is 1. The summed E-state index contributed by atoms with van der Waals surface area (Å²) in [7, 11) is 0. The van der Waals surface area contributed by atoms with Crippen LogP contribution < -0.4 is 0 Å². The van der Waals surface area contributed by atoms with E-state index in [4.69, 9.17) is 5.11 Å². The quantitative estimate of drug-likeness (QED) is 0.584. The van der Waals surface area contributed by atoms with E-state index in [2.05, 4.69) is 13.8 Å². The van der Waals surface area contributed by atoms with Crippen molar-refractivity contribution < 1.29 is 5.11 Å². The average molecular weight is 134 g/mol. The van der Waals surface area contributed by atoms with Crippen LogP contribution in [0, 0.1) is 0 Å². The molecule has 0 unspecified atom stereocenters. The molecule has 0 aromatic heterocycles. The lowest BCUT2D eigenvalue weighted by Crippen LogP contribution is -1.57. The molecule has 0 saturated heterocycles. The van der Waals surface area contributed by atoms with Gasteiger partial charge in [-0.3, -0.25) is 0 Å². The highest BCUT2D eigenvalue weighted by molar-refractivity contribution is 4.12. The maximum absolute atomic E-state index is 7.57. The number of rotatable bonds is 1. The van der Waals surface area contributed by atoms with Gasteiger partial charge in [0, 0.05) is 6.61 Å². The summed E-state index contributed by atoms with van der Waals surface area (Å²) >= 11 is 0. The zero-order chi connectivity index (χ0) is 8.12. The first kappa shape index (κ1) is 16.0. The van der Waals surface area contributed by atoms with Crippen molar-refractivity contribution in [3.8, 4) is 0 Å². The van der Waals surface area contributed by atoms with E-state index in [1.807, 2.05) is 13.8 Å². The van der Waals surface area contributed by atoms with Gasteiger partial charge in [-0.05, 0) is 6.92 Å². The van der Waals surface area contributed by atoms with Crippen LogP contribution in [0.5, 0.6) is 0 Å². The van der Waals surface area contributed by atoms with E-state index in [9.17, 15) is 0 Å². The maximum atomic E-state index is 7.57. The third-order valence-corrected chi connectivity index (χ3v) is 0.500. The summed E-state index contributed by atoms with van der Waals surface area (Å²) in [4.78, 5) is 0. The second-order valence-corrected chi connectivity index (χ2v) is 1.32. The van der Waals surface area contributed by atoms with Gasteiger partial charge in [0.15, 0.2) is 0 Å². The Hall–Kier alpha value is -0.0400. The molecular weight excluding hydrogens is 112 g/mol. The van der Waals surface area contributed by atoms with Crippen LogP contribution in [0.15, 0.2) is 0 Å². The monoisotopic (exact) mass is 134 g/mol. The highest BCUT2D eigenvalue weighted by atomic mass is 16.2. The van der Waals surface area contributed by atoms with Crippen molar-refractivity contribution in [3.63, 3.8) is 0 Å². The Morgan fingerprint density at radius 1 is 0.889 bits per heavy atom. The Bertz CT molecular complexity index is 12.0. The number of aliphatic hydroxyl groups is 1. The van der Waals surface area contributed by atoms with Crippen molar-refractivity contribution in [2.75, 3.05) is 6.61 Å². The summed E-state index contributed by atoms with van der Waals surface area (Å²) in [6.45, 7) is 10.3. The highest BCUT2D eigenvalue weighted by Crippen LogP contribution is 1.76. The average Bonchev–Trinajstić information content (AvgIpc) is 1.94. The van der Waals surface area contributed by atoms with Gasteiger partial charge in [-0.1, -0.05) is 40.5 Å². The first-order chi connectivity index (χ1) is 4.33. The number of hydrogen-bond donors (Lipinski definition) is 1. The van der Waals surface area contributed by atoms with E-state index >= 15 is 0 Å². The Morgan fingerprint density at radius 2 is 1.00 bits per heavy atom. The fourth-order valence-corrected chi connectivity index (χ4v) is 0. The molecule has 0 spiro atoms. The van der Waals surface area contributed by atoms with Gasteiger partial charge in [0.25, 0.3) is 0 Å². The van der Waals surface area contributed by atoms with E-state index in [-0.39, 0.29) is 6.61 Å². The van der Waals surface area contributed by atoms with Crippen molar-refractivity contribution in [2.24, 2.45) is 0 Å². The molecule has 9 heavy (non-hydrogen) atoms.